The third-order valence-electron chi connectivity index (χ3n) is 4.31. The Hall–Kier alpha value is -3.80. The Labute approximate surface area is 162 Å². The summed E-state index contributed by atoms with van der Waals surface area (Å²) in [5, 5.41) is 8.78. The Bertz CT molecular complexity index is 1070. The van der Waals surface area contributed by atoms with Gasteiger partial charge in [0.25, 0.3) is 0 Å². The Kier molecular flexibility index (Phi) is 4.93. The number of hydrogen-bond acceptors (Lipinski definition) is 6. The second kappa shape index (κ2) is 7.84. The van der Waals surface area contributed by atoms with E-state index in [9.17, 15) is 0 Å². The molecule has 6 nitrogen and oxygen atoms in total. The van der Waals surface area contributed by atoms with E-state index in [1.165, 1.54) is 0 Å². The van der Waals surface area contributed by atoms with Gasteiger partial charge in [-0.15, -0.1) is 10.2 Å². The van der Waals surface area contributed by atoms with E-state index >= 15 is 0 Å². The van der Waals surface area contributed by atoms with E-state index in [0.717, 1.165) is 28.3 Å². The highest BCUT2D eigenvalue weighted by Gasteiger charge is 2.15. The van der Waals surface area contributed by atoms with Crippen LogP contribution in [0.1, 0.15) is 0 Å². The summed E-state index contributed by atoms with van der Waals surface area (Å²) >= 11 is 0. The molecule has 0 N–H and O–H groups in total. The van der Waals surface area contributed by atoms with Crippen molar-refractivity contribution in [3.8, 4) is 45.5 Å². The normalized spacial score (nSPS) is 10.5. The molecule has 0 aliphatic carbocycles. The van der Waals surface area contributed by atoms with Gasteiger partial charge in [0.2, 0.25) is 5.82 Å². The third kappa shape index (κ3) is 3.53. The largest absolute Gasteiger partial charge is 0.497 e. The molecule has 6 heteroatoms. The minimum Gasteiger partial charge on any atom is -0.497 e. The molecular weight excluding hydrogens is 352 g/mol. The van der Waals surface area contributed by atoms with Crippen LogP contribution in [0.4, 0.5) is 0 Å². The lowest BCUT2D eigenvalue weighted by Gasteiger charge is -2.10. The van der Waals surface area contributed by atoms with Crippen molar-refractivity contribution in [3.05, 3.63) is 72.9 Å². The second-order valence-corrected chi connectivity index (χ2v) is 6.00. The highest BCUT2D eigenvalue weighted by Crippen LogP contribution is 2.31. The van der Waals surface area contributed by atoms with Gasteiger partial charge in [0.1, 0.15) is 28.6 Å². The van der Waals surface area contributed by atoms with Crippen LogP contribution in [0.25, 0.3) is 34.0 Å². The van der Waals surface area contributed by atoms with Gasteiger partial charge in [-0.1, -0.05) is 6.07 Å². The predicted octanol–water partition coefficient (Wildman–Crippen LogP) is 4.28. The maximum atomic E-state index is 5.27. The number of pyridine rings is 1. The summed E-state index contributed by atoms with van der Waals surface area (Å²) in [5.41, 5.74) is 3.90. The van der Waals surface area contributed by atoms with Crippen molar-refractivity contribution < 1.29 is 9.47 Å². The number of benzene rings is 2. The van der Waals surface area contributed by atoms with Crippen LogP contribution >= 0.6 is 0 Å². The summed E-state index contributed by atoms with van der Waals surface area (Å²) in [7, 11) is 3.28. The molecule has 0 aliphatic heterocycles. The highest BCUT2D eigenvalue weighted by atomic mass is 16.5. The first kappa shape index (κ1) is 17.6. The fraction of sp³-hybridized carbons (Fsp3) is 0.0909. The monoisotopic (exact) mass is 370 g/mol. The lowest BCUT2D eigenvalue weighted by Crippen LogP contribution is -2.01. The van der Waals surface area contributed by atoms with E-state index in [4.69, 9.17) is 14.5 Å². The standard InChI is InChI=1S/C22H18N4O2/c1-27-17-10-6-15(7-11-17)20-21(16-8-12-18(28-2)13-9-16)25-26-22(24-20)19-5-3-4-14-23-19/h3-14H,1-2H3. The van der Waals surface area contributed by atoms with E-state index in [1.807, 2.05) is 66.7 Å². The Balaban J connectivity index is 1.86. The lowest BCUT2D eigenvalue weighted by atomic mass is 10.0. The van der Waals surface area contributed by atoms with Gasteiger partial charge in [0.05, 0.1) is 14.2 Å². The minimum absolute atomic E-state index is 0.476. The zero-order valence-electron chi connectivity index (χ0n) is 15.5. The molecule has 0 radical (unpaired) electrons. The molecule has 2 aromatic carbocycles. The van der Waals surface area contributed by atoms with E-state index in [2.05, 4.69) is 15.2 Å². The molecule has 0 spiro atoms. The van der Waals surface area contributed by atoms with E-state index in [1.54, 1.807) is 20.4 Å². The maximum Gasteiger partial charge on any atom is 0.201 e. The molecule has 0 bridgehead atoms. The van der Waals surface area contributed by atoms with Gasteiger partial charge >= 0.3 is 0 Å². The summed E-state index contributed by atoms with van der Waals surface area (Å²) < 4.78 is 10.5. The molecule has 0 saturated carbocycles. The van der Waals surface area contributed by atoms with Crippen LogP contribution in [0.2, 0.25) is 0 Å². The average molecular weight is 370 g/mol. The third-order valence-corrected chi connectivity index (χ3v) is 4.31. The summed E-state index contributed by atoms with van der Waals surface area (Å²) in [6, 6.07) is 21.0. The molecule has 138 valence electrons. The van der Waals surface area contributed by atoms with Crippen LogP contribution in [0.5, 0.6) is 11.5 Å². The van der Waals surface area contributed by atoms with Gasteiger partial charge in [-0.2, -0.15) is 0 Å². The van der Waals surface area contributed by atoms with Gasteiger partial charge in [0.15, 0.2) is 0 Å². The predicted molar refractivity (Wildman–Crippen MR) is 107 cm³/mol. The first-order valence-electron chi connectivity index (χ1n) is 8.73. The quantitative estimate of drug-likeness (QED) is 0.522. The summed E-state index contributed by atoms with van der Waals surface area (Å²) in [6.07, 6.45) is 1.71. The van der Waals surface area contributed by atoms with Crippen LogP contribution in [-0.2, 0) is 0 Å². The van der Waals surface area contributed by atoms with Crippen molar-refractivity contribution in [2.75, 3.05) is 14.2 Å². The molecule has 4 rings (SSSR count). The lowest BCUT2D eigenvalue weighted by molar-refractivity contribution is 0.414. The summed E-state index contributed by atoms with van der Waals surface area (Å²) in [5.74, 6) is 2.03. The molecule has 2 aromatic heterocycles. The number of nitrogens with zero attached hydrogens (tertiary/aromatic N) is 4. The minimum atomic E-state index is 0.476. The number of methoxy groups -OCH3 is 2. The van der Waals surface area contributed by atoms with Gasteiger partial charge in [-0.25, -0.2) is 4.98 Å². The Morgan fingerprint density at radius 3 is 1.79 bits per heavy atom. The van der Waals surface area contributed by atoms with Crippen LogP contribution in [0, 0.1) is 0 Å². The zero-order valence-corrected chi connectivity index (χ0v) is 15.5. The summed E-state index contributed by atoms with van der Waals surface area (Å²) in [6.45, 7) is 0. The van der Waals surface area contributed by atoms with Gasteiger partial charge in [0, 0.05) is 17.3 Å². The topological polar surface area (TPSA) is 70.0 Å². The average Bonchev–Trinajstić information content (AvgIpc) is 2.79. The highest BCUT2D eigenvalue weighted by molar-refractivity contribution is 5.79. The number of ether oxygens (including phenoxy) is 2. The van der Waals surface area contributed by atoms with Crippen LogP contribution in [0.15, 0.2) is 72.9 Å². The van der Waals surface area contributed by atoms with Crippen molar-refractivity contribution in [3.63, 3.8) is 0 Å². The second-order valence-electron chi connectivity index (χ2n) is 6.00. The van der Waals surface area contributed by atoms with Crippen LogP contribution in [0.3, 0.4) is 0 Å². The zero-order chi connectivity index (χ0) is 19.3. The molecule has 4 aromatic rings. The fourth-order valence-electron chi connectivity index (χ4n) is 2.82. The van der Waals surface area contributed by atoms with Crippen molar-refractivity contribution in [1.82, 2.24) is 20.2 Å². The SMILES string of the molecule is COc1ccc(-c2nnc(-c3ccccn3)nc2-c2ccc(OC)cc2)cc1. The molecule has 0 aliphatic rings. The van der Waals surface area contributed by atoms with Gasteiger partial charge in [-0.3, -0.25) is 4.98 Å². The van der Waals surface area contributed by atoms with Crippen molar-refractivity contribution in [1.29, 1.82) is 0 Å². The first-order chi connectivity index (χ1) is 13.8. The number of rotatable bonds is 5. The van der Waals surface area contributed by atoms with Gasteiger partial charge < -0.3 is 9.47 Å². The Morgan fingerprint density at radius 2 is 1.25 bits per heavy atom. The van der Waals surface area contributed by atoms with Gasteiger partial charge in [-0.05, 0) is 60.7 Å². The molecule has 0 unspecified atom stereocenters. The molecule has 28 heavy (non-hydrogen) atoms. The molecule has 0 amide bonds. The first-order valence-corrected chi connectivity index (χ1v) is 8.73. The van der Waals surface area contributed by atoms with E-state index in [0.29, 0.717) is 17.2 Å². The molecule has 0 atom stereocenters. The number of aromatic nitrogens is 4. The van der Waals surface area contributed by atoms with Crippen molar-refractivity contribution >= 4 is 0 Å². The van der Waals surface area contributed by atoms with E-state index < -0.39 is 0 Å². The summed E-state index contributed by atoms with van der Waals surface area (Å²) in [4.78, 5) is 9.11. The molecule has 0 saturated heterocycles. The van der Waals surface area contributed by atoms with Crippen LogP contribution in [-0.4, -0.2) is 34.4 Å². The Morgan fingerprint density at radius 1 is 0.643 bits per heavy atom. The van der Waals surface area contributed by atoms with Crippen molar-refractivity contribution in [2.45, 2.75) is 0 Å². The maximum absolute atomic E-state index is 5.27. The number of hydrogen-bond donors (Lipinski definition) is 0. The molecule has 0 fully saturated rings. The van der Waals surface area contributed by atoms with Crippen molar-refractivity contribution in [2.24, 2.45) is 0 Å². The smallest absolute Gasteiger partial charge is 0.201 e. The van der Waals surface area contributed by atoms with Crippen LogP contribution < -0.4 is 9.47 Å². The van der Waals surface area contributed by atoms with E-state index in [-0.39, 0.29) is 0 Å². The molecule has 2 heterocycles. The fourth-order valence-corrected chi connectivity index (χ4v) is 2.82. The molecular formula is C22H18N4O2.